The number of amides is 1. The first kappa shape index (κ1) is 23.4. The van der Waals surface area contributed by atoms with E-state index in [2.05, 4.69) is 5.32 Å². The van der Waals surface area contributed by atoms with Gasteiger partial charge in [-0.3, -0.25) is 4.79 Å². The molecule has 1 aromatic rings. The maximum Gasteiger partial charge on any atom is 0.220 e. The Hall–Kier alpha value is -1.66. The summed E-state index contributed by atoms with van der Waals surface area (Å²) in [6.07, 6.45) is 6.84. The van der Waals surface area contributed by atoms with Crippen molar-refractivity contribution in [1.82, 2.24) is 5.32 Å². The lowest BCUT2D eigenvalue weighted by Crippen LogP contribution is -2.39. The van der Waals surface area contributed by atoms with Crippen LogP contribution in [0.25, 0.3) is 0 Å². The van der Waals surface area contributed by atoms with Crippen molar-refractivity contribution in [1.29, 1.82) is 0 Å². The Bertz CT molecular complexity index is 579. The molecular formula is C20H33ClN2O4. The van der Waals surface area contributed by atoms with Gasteiger partial charge in [0.15, 0.2) is 0 Å². The van der Waals surface area contributed by atoms with Crippen LogP contribution in [0, 0.1) is 5.41 Å². The topological polar surface area (TPSA) is 82.8 Å². The van der Waals surface area contributed by atoms with Gasteiger partial charge in [0, 0.05) is 30.7 Å². The molecule has 1 saturated carbocycles. The Kier molecular flexibility index (Phi) is 9.74. The highest BCUT2D eigenvalue weighted by molar-refractivity contribution is 5.85. The molecule has 0 aliphatic heterocycles. The van der Waals surface area contributed by atoms with Crippen molar-refractivity contribution < 1.29 is 19.0 Å². The maximum atomic E-state index is 12.4. The first-order valence-corrected chi connectivity index (χ1v) is 9.33. The zero-order chi connectivity index (χ0) is 19.0. The van der Waals surface area contributed by atoms with Crippen molar-refractivity contribution in [3.05, 3.63) is 17.7 Å². The maximum absolute atomic E-state index is 12.4. The number of hydrogen-bond donors (Lipinski definition) is 2. The van der Waals surface area contributed by atoms with E-state index in [9.17, 15) is 4.79 Å². The van der Waals surface area contributed by atoms with Gasteiger partial charge in [0.25, 0.3) is 0 Å². The summed E-state index contributed by atoms with van der Waals surface area (Å²) in [6.45, 7) is 1.11. The number of hydrogen-bond acceptors (Lipinski definition) is 5. The van der Waals surface area contributed by atoms with Crippen LogP contribution in [0.2, 0.25) is 0 Å². The fourth-order valence-electron chi connectivity index (χ4n) is 3.81. The molecule has 1 aliphatic carbocycles. The number of nitrogens with one attached hydrogen (secondary N) is 1. The minimum atomic E-state index is -0.0160. The molecule has 6 nitrogen and oxygen atoms in total. The second-order valence-corrected chi connectivity index (χ2v) is 7.05. The summed E-state index contributed by atoms with van der Waals surface area (Å²) >= 11 is 0. The number of ether oxygens (including phenoxy) is 3. The monoisotopic (exact) mass is 400 g/mol. The number of carbonyl (C=O) groups excluding carboxylic acids is 1. The van der Waals surface area contributed by atoms with Crippen LogP contribution >= 0.6 is 12.4 Å². The van der Waals surface area contributed by atoms with Crippen LogP contribution in [-0.2, 0) is 11.2 Å². The zero-order valence-corrected chi connectivity index (χ0v) is 17.5. The van der Waals surface area contributed by atoms with Crippen LogP contribution in [0.15, 0.2) is 12.1 Å². The molecule has 0 atom stereocenters. The summed E-state index contributed by atoms with van der Waals surface area (Å²) in [5.41, 5.74) is 6.89. The molecule has 0 heterocycles. The minimum absolute atomic E-state index is 0. The van der Waals surface area contributed by atoms with Crippen LogP contribution < -0.4 is 25.3 Å². The Labute approximate surface area is 168 Å². The molecule has 27 heavy (non-hydrogen) atoms. The van der Waals surface area contributed by atoms with Crippen LogP contribution in [0.5, 0.6) is 17.2 Å². The number of rotatable bonds is 9. The second-order valence-electron chi connectivity index (χ2n) is 7.05. The van der Waals surface area contributed by atoms with Gasteiger partial charge in [-0.1, -0.05) is 19.3 Å². The third-order valence-corrected chi connectivity index (χ3v) is 5.40. The van der Waals surface area contributed by atoms with Gasteiger partial charge in [0.2, 0.25) is 5.91 Å². The molecule has 0 spiro atoms. The van der Waals surface area contributed by atoms with Gasteiger partial charge in [-0.25, -0.2) is 0 Å². The largest absolute Gasteiger partial charge is 0.496 e. The molecule has 2 rings (SSSR count). The lowest BCUT2D eigenvalue weighted by Gasteiger charge is -2.35. The standard InChI is InChI=1S/C20H32N2O4.ClH/c1-24-15-11-17(25-2)16(18(12-15)26-3)7-10-22-19(23)13-20(14-21)8-5-4-6-9-20;/h11-12H,4-10,13-14,21H2,1-3H3,(H,22,23);1H. The normalized spacial score (nSPS) is 15.4. The molecule has 0 unspecified atom stereocenters. The van der Waals surface area contributed by atoms with Gasteiger partial charge in [-0.05, 0) is 31.2 Å². The molecule has 0 aromatic heterocycles. The fourth-order valence-corrected chi connectivity index (χ4v) is 3.81. The molecule has 0 saturated heterocycles. The third kappa shape index (κ3) is 6.18. The molecule has 0 bridgehead atoms. The minimum Gasteiger partial charge on any atom is -0.496 e. The predicted octanol–water partition coefficient (Wildman–Crippen LogP) is 3.09. The molecule has 7 heteroatoms. The molecular weight excluding hydrogens is 368 g/mol. The quantitative estimate of drug-likeness (QED) is 0.665. The van der Waals surface area contributed by atoms with Crippen molar-refractivity contribution in [2.75, 3.05) is 34.4 Å². The van der Waals surface area contributed by atoms with Crippen LogP contribution in [-0.4, -0.2) is 40.3 Å². The van der Waals surface area contributed by atoms with E-state index in [1.165, 1.54) is 19.3 Å². The highest BCUT2D eigenvalue weighted by Gasteiger charge is 2.32. The van der Waals surface area contributed by atoms with E-state index in [0.29, 0.717) is 43.2 Å². The van der Waals surface area contributed by atoms with Crippen LogP contribution in [0.3, 0.4) is 0 Å². The number of halogens is 1. The Morgan fingerprint density at radius 1 is 1.07 bits per heavy atom. The Balaban J connectivity index is 0.00000364. The van der Waals surface area contributed by atoms with E-state index >= 15 is 0 Å². The van der Waals surface area contributed by atoms with Crippen molar-refractivity contribution in [3.8, 4) is 17.2 Å². The Morgan fingerprint density at radius 3 is 2.15 bits per heavy atom. The van der Waals surface area contributed by atoms with Gasteiger partial charge in [0.1, 0.15) is 17.2 Å². The third-order valence-electron chi connectivity index (χ3n) is 5.40. The first-order chi connectivity index (χ1) is 12.6. The molecule has 1 aromatic carbocycles. The van der Waals surface area contributed by atoms with E-state index < -0.39 is 0 Å². The fraction of sp³-hybridized carbons (Fsp3) is 0.650. The van der Waals surface area contributed by atoms with E-state index in [-0.39, 0.29) is 23.7 Å². The first-order valence-electron chi connectivity index (χ1n) is 9.33. The number of methoxy groups -OCH3 is 3. The molecule has 1 fully saturated rings. The SMILES string of the molecule is COc1cc(OC)c(CCNC(=O)CC2(CN)CCCCC2)c(OC)c1.Cl. The van der Waals surface area contributed by atoms with Crippen molar-refractivity contribution in [3.63, 3.8) is 0 Å². The summed E-state index contributed by atoms with van der Waals surface area (Å²) in [5.74, 6) is 2.14. The summed E-state index contributed by atoms with van der Waals surface area (Å²) in [5, 5.41) is 3.03. The second kappa shape index (κ2) is 11.2. The van der Waals surface area contributed by atoms with E-state index in [1.54, 1.807) is 21.3 Å². The average Bonchev–Trinajstić information content (AvgIpc) is 2.68. The highest BCUT2D eigenvalue weighted by atomic mass is 35.5. The highest BCUT2D eigenvalue weighted by Crippen LogP contribution is 2.38. The van der Waals surface area contributed by atoms with Gasteiger partial charge < -0.3 is 25.3 Å². The predicted molar refractivity (Wildman–Crippen MR) is 109 cm³/mol. The molecule has 1 amide bonds. The number of benzene rings is 1. The summed E-state index contributed by atoms with van der Waals surface area (Å²) in [7, 11) is 4.83. The van der Waals surface area contributed by atoms with Gasteiger partial charge in [-0.15, -0.1) is 12.4 Å². The van der Waals surface area contributed by atoms with Crippen molar-refractivity contribution in [2.24, 2.45) is 11.1 Å². The molecule has 1 aliphatic rings. The number of nitrogens with two attached hydrogens (primary N) is 1. The van der Waals surface area contributed by atoms with Crippen LogP contribution in [0.1, 0.15) is 44.1 Å². The molecule has 3 N–H and O–H groups in total. The van der Waals surface area contributed by atoms with Gasteiger partial charge in [-0.2, -0.15) is 0 Å². The molecule has 0 radical (unpaired) electrons. The van der Waals surface area contributed by atoms with Gasteiger partial charge in [0.05, 0.1) is 21.3 Å². The zero-order valence-electron chi connectivity index (χ0n) is 16.6. The number of carbonyl (C=O) groups is 1. The average molecular weight is 401 g/mol. The summed E-state index contributed by atoms with van der Waals surface area (Å²) in [4.78, 5) is 12.4. The van der Waals surface area contributed by atoms with Crippen molar-refractivity contribution in [2.45, 2.75) is 44.9 Å². The lowest BCUT2D eigenvalue weighted by atomic mass is 9.71. The van der Waals surface area contributed by atoms with E-state index in [0.717, 1.165) is 18.4 Å². The van der Waals surface area contributed by atoms with Crippen LogP contribution in [0.4, 0.5) is 0 Å². The summed E-state index contributed by atoms with van der Waals surface area (Å²) in [6, 6.07) is 3.65. The summed E-state index contributed by atoms with van der Waals surface area (Å²) < 4.78 is 16.2. The van der Waals surface area contributed by atoms with E-state index in [4.69, 9.17) is 19.9 Å². The smallest absolute Gasteiger partial charge is 0.220 e. The van der Waals surface area contributed by atoms with E-state index in [1.807, 2.05) is 12.1 Å². The van der Waals surface area contributed by atoms with Crippen molar-refractivity contribution >= 4 is 18.3 Å². The van der Waals surface area contributed by atoms with Gasteiger partial charge >= 0.3 is 0 Å². The lowest BCUT2D eigenvalue weighted by molar-refractivity contribution is -0.123. The Morgan fingerprint density at radius 2 is 1.67 bits per heavy atom. The molecule has 154 valence electrons.